The van der Waals surface area contributed by atoms with Crippen molar-refractivity contribution in [1.82, 2.24) is 16.0 Å². The van der Waals surface area contributed by atoms with Gasteiger partial charge >= 0.3 is 12.0 Å². The molecule has 0 aliphatic carbocycles. The monoisotopic (exact) mass is 313 g/mol. The van der Waals surface area contributed by atoms with E-state index in [0.29, 0.717) is 11.6 Å². The van der Waals surface area contributed by atoms with Crippen LogP contribution in [-0.4, -0.2) is 36.1 Å². The van der Waals surface area contributed by atoms with E-state index in [1.807, 2.05) is 0 Å². The normalized spacial score (nSPS) is 9.76. The zero-order chi connectivity index (χ0) is 15.7. The molecule has 0 aliphatic heterocycles. The molecule has 0 radical (unpaired) electrons. The van der Waals surface area contributed by atoms with Crippen molar-refractivity contribution in [3.63, 3.8) is 0 Å². The average Bonchev–Trinajstić information content (AvgIpc) is 2.44. The minimum Gasteiger partial charge on any atom is -0.481 e. The van der Waals surface area contributed by atoms with Crippen molar-refractivity contribution in [2.24, 2.45) is 0 Å². The van der Waals surface area contributed by atoms with E-state index in [4.69, 9.17) is 16.7 Å². The van der Waals surface area contributed by atoms with Gasteiger partial charge in [0.2, 0.25) is 5.91 Å². The first-order valence-electron chi connectivity index (χ1n) is 6.22. The van der Waals surface area contributed by atoms with Gasteiger partial charge in [-0.15, -0.1) is 0 Å². The standard InChI is InChI=1S/C13H16ClN3O4/c14-10-3-1-9(2-4-10)7-16-13(21)17-8-11(18)15-6-5-12(19)20/h1-4H,5-8H2,(H,15,18)(H,19,20)(H2,16,17,21). The number of hydrogen-bond donors (Lipinski definition) is 4. The van der Waals surface area contributed by atoms with Crippen LogP contribution in [0.4, 0.5) is 4.79 Å². The van der Waals surface area contributed by atoms with Crippen molar-refractivity contribution in [2.45, 2.75) is 13.0 Å². The molecule has 0 atom stereocenters. The second-order valence-corrected chi connectivity index (χ2v) is 4.59. The number of halogens is 1. The number of aliphatic carboxylic acids is 1. The van der Waals surface area contributed by atoms with Crippen LogP contribution in [0.25, 0.3) is 0 Å². The summed E-state index contributed by atoms with van der Waals surface area (Å²) in [6.07, 6.45) is -0.158. The number of carbonyl (C=O) groups excluding carboxylic acids is 2. The van der Waals surface area contributed by atoms with Crippen LogP contribution in [0.2, 0.25) is 5.02 Å². The van der Waals surface area contributed by atoms with Gasteiger partial charge in [0, 0.05) is 18.1 Å². The summed E-state index contributed by atoms with van der Waals surface area (Å²) < 4.78 is 0. The van der Waals surface area contributed by atoms with E-state index < -0.39 is 17.9 Å². The van der Waals surface area contributed by atoms with Crippen LogP contribution in [-0.2, 0) is 16.1 Å². The second kappa shape index (κ2) is 8.80. The highest BCUT2D eigenvalue weighted by Gasteiger charge is 2.05. The quantitative estimate of drug-likeness (QED) is 0.595. The van der Waals surface area contributed by atoms with Crippen LogP contribution in [0.15, 0.2) is 24.3 Å². The van der Waals surface area contributed by atoms with Crippen LogP contribution >= 0.6 is 11.6 Å². The molecule has 0 spiro atoms. The molecular formula is C13H16ClN3O4. The summed E-state index contributed by atoms with van der Waals surface area (Å²) in [7, 11) is 0. The van der Waals surface area contributed by atoms with Gasteiger partial charge < -0.3 is 21.1 Å². The third kappa shape index (κ3) is 7.78. The Morgan fingerprint density at radius 3 is 2.33 bits per heavy atom. The van der Waals surface area contributed by atoms with Crippen molar-refractivity contribution in [3.8, 4) is 0 Å². The lowest BCUT2D eigenvalue weighted by Gasteiger charge is -2.08. The Balaban J connectivity index is 2.17. The van der Waals surface area contributed by atoms with E-state index in [0.717, 1.165) is 5.56 Å². The topological polar surface area (TPSA) is 108 Å². The van der Waals surface area contributed by atoms with Crippen LogP contribution in [0, 0.1) is 0 Å². The zero-order valence-corrected chi connectivity index (χ0v) is 11.9. The number of carboxylic acid groups (broad SMARTS) is 1. The summed E-state index contributed by atoms with van der Waals surface area (Å²) >= 11 is 5.74. The number of hydrogen-bond acceptors (Lipinski definition) is 3. The van der Waals surface area contributed by atoms with Crippen LogP contribution in [0.5, 0.6) is 0 Å². The average molecular weight is 314 g/mol. The molecule has 4 N–H and O–H groups in total. The fourth-order valence-corrected chi connectivity index (χ4v) is 1.50. The van der Waals surface area contributed by atoms with Crippen LogP contribution in [0.3, 0.4) is 0 Å². The van der Waals surface area contributed by atoms with Gasteiger partial charge in [-0.2, -0.15) is 0 Å². The lowest BCUT2D eigenvalue weighted by Crippen LogP contribution is -2.42. The fraction of sp³-hybridized carbons (Fsp3) is 0.308. The van der Waals surface area contributed by atoms with E-state index in [1.165, 1.54) is 0 Å². The van der Waals surface area contributed by atoms with Gasteiger partial charge in [0.25, 0.3) is 0 Å². The van der Waals surface area contributed by atoms with E-state index in [9.17, 15) is 14.4 Å². The Bertz CT molecular complexity index is 505. The maximum Gasteiger partial charge on any atom is 0.315 e. The molecule has 0 fully saturated rings. The number of carboxylic acids is 1. The van der Waals surface area contributed by atoms with Crippen molar-refractivity contribution in [1.29, 1.82) is 0 Å². The minimum atomic E-state index is -0.996. The molecule has 0 aromatic heterocycles. The largest absolute Gasteiger partial charge is 0.481 e. The second-order valence-electron chi connectivity index (χ2n) is 4.16. The molecule has 0 saturated carbocycles. The first-order valence-corrected chi connectivity index (χ1v) is 6.60. The Morgan fingerprint density at radius 2 is 1.71 bits per heavy atom. The van der Waals surface area contributed by atoms with Gasteiger partial charge in [-0.3, -0.25) is 9.59 Å². The summed E-state index contributed by atoms with van der Waals surface area (Å²) in [6, 6.07) is 6.50. The molecule has 0 saturated heterocycles. The third-order valence-electron chi connectivity index (χ3n) is 2.44. The van der Waals surface area contributed by atoms with E-state index in [1.54, 1.807) is 24.3 Å². The molecule has 114 valence electrons. The highest BCUT2D eigenvalue weighted by atomic mass is 35.5. The van der Waals surface area contributed by atoms with Gasteiger partial charge in [-0.1, -0.05) is 23.7 Å². The predicted octanol–water partition coefficient (Wildman–Crippen LogP) is 0.730. The first kappa shape index (κ1) is 16.8. The number of carbonyl (C=O) groups is 3. The molecular weight excluding hydrogens is 298 g/mol. The number of urea groups is 1. The summed E-state index contributed by atoms with van der Waals surface area (Å²) in [5, 5.41) is 16.3. The Hall–Kier alpha value is -2.28. The van der Waals surface area contributed by atoms with Crippen molar-refractivity contribution >= 4 is 29.5 Å². The smallest absolute Gasteiger partial charge is 0.315 e. The molecule has 1 aromatic carbocycles. The molecule has 3 amide bonds. The van der Waals surface area contributed by atoms with Crippen LogP contribution < -0.4 is 16.0 Å². The zero-order valence-electron chi connectivity index (χ0n) is 11.2. The molecule has 7 nitrogen and oxygen atoms in total. The molecule has 21 heavy (non-hydrogen) atoms. The Labute approximate surface area is 126 Å². The number of nitrogens with one attached hydrogen (secondary N) is 3. The molecule has 0 unspecified atom stereocenters. The highest BCUT2D eigenvalue weighted by molar-refractivity contribution is 6.30. The summed E-state index contributed by atoms with van der Waals surface area (Å²) in [6.45, 7) is 0.123. The lowest BCUT2D eigenvalue weighted by atomic mass is 10.2. The Kier molecular flexibility index (Phi) is 7.03. The molecule has 1 rings (SSSR count). The van der Waals surface area contributed by atoms with E-state index >= 15 is 0 Å². The molecule has 8 heteroatoms. The number of benzene rings is 1. The van der Waals surface area contributed by atoms with Gasteiger partial charge in [0.15, 0.2) is 0 Å². The van der Waals surface area contributed by atoms with Gasteiger partial charge in [0.05, 0.1) is 13.0 Å². The lowest BCUT2D eigenvalue weighted by molar-refractivity contribution is -0.136. The molecule has 1 aromatic rings. The predicted molar refractivity (Wildman–Crippen MR) is 77.0 cm³/mol. The molecule has 0 aliphatic rings. The van der Waals surface area contributed by atoms with Crippen LogP contribution in [0.1, 0.15) is 12.0 Å². The van der Waals surface area contributed by atoms with Gasteiger partial charge in [-0.25, -0.2) is 4.79 Å². The van der Waals surface area contributed by atoms with E-state index in [2.05, 4.69) is 16.0 Å². The minimum absolute atomic E-state index is 0.0300. The SMILES string of the molecule is O=C(O)CCNC(=O)CNC(=O)NCc1ccc(Cl)cc1. The number of amides is 3. The molecule has 0 heterocycles. The van der Waals surface area contributed by atoms with E-state index in [-0.39, 0.29) is 19.5 Å². The summed E-state index contributed by atoms with van der Waals surface area (Å²) in [5.74, 6) is -1.44. The summed E-state index contributed by atoms with van der Waals surface area (Å²) in [4.78, 5) is 33.0. The Morgan fingerprint density at radius 1 is 1.05 bits per heavy atom. The first-order chi connectivity index (χ1) is 9.97. The molecule has 0 bridgehead atoms. The van der Waals surface area contributed by atoms with Gasteiger partial charge in [-0.05, 0) is 17.7 Å². The summed E-state index contributed by atoms with van der Waals surface area (Å²) in [5.41, 5.74) is 0.875. The number of rotatable bonds is 7. The fourth-order valence-electron chi connectivity index (χ4n) is 1.38. The maximum atomic E-state index is 11.4. The highest BCUT2D eigenvalue weighted by Crippen LogP contribution is 2.08. The van der Waals surface area contributed by atoms with Crippen molar-refractivity contribution < 1.29 is 19.5 Å². The van der Waals surface area contributed by atoms with Crippen molar-refractivity contribution in [3.05, 3.63) is 34.9 Å². The third-order valence-corrected chi connectivity index (χ3v) is 2.69. The van der Waals surface area contributed by atoms with Crippen molar-refractivity contribution in [2.75, 3.05) is 13.1 Å². The van der Waals surface area contributed by atoms with Gasteiger partial charge in [0.1, 0.15) is 0 Å². The maximum absolute atomic E-state index is 11.4.